The highest BCUT2D eigenvalue weighted by Gasteiger charge is 2.42. The molecule has 1 aromatic heterocycles. The Morgan fingerprint density at radius 2 is 1.79 bits per heavy atom. The minimum atomic E-state index is -4.71. The number of carboxylic acid groups (broad SMARTS) is 1. The number of carbonyl (C=O) groups excluding carboxylic acids is 1. The molecule has 1 atom stereocenters. The van der Waals surface area contributed by atoms with Crippen LogP contribution in [0.5, 0.6) is 0 Å². The fourth-order valence-corrected chi connectivity index (χ4v) is 1.96. The lowest BCUT2D eigenvalue weighted by molar-refractivity contribution is -0.155. The van der Waals surface area contributed by atoms with Crippen molar-refractivity contribution >= 4 is 11.9 Å². The van der Waals surface area contributed by atoms with Gasteiger partial charge in [-0.1, -0.05) is 29.8 Å². The van der Waals surface area contributed by atoms with E-state index in [0.717, 1.165) is 12.4 Å². The highest BCUT2D eigenvalue weighted by molar-refractivity contribution is 5.93. The number of carbonyl (C=O) groups is 2. The second-order valence-corrected chi connectivity index (χ2v) is 4.95. The Hall–Kier alpha value is -2.97. The monoisotopic (exact) mass is 339 g/mol. The first-order valence-corrected chi connectivity index (χ1v) is 6.68. The Morgan fingerprint density at radius 1 is 1.17 bits per heavy atom. The van der Waals surface area contributed by atoms with Gasteiger partial charge in [0.2, 0.25) is 0 Å². The van der Waals surface area contributed by atoms with Crippen LogP contribution < -0.4 is 5.32 Å². The molecule has 126 valence electrons. The lowest BCUT2D eigenvalue weighted by Gasteiger charge is -2.22. The molecule has 2 aromatic rings. The van der Waals surface area contributed by atoms with Crippen LogP contribution in [0.1, 0.15) is 38.1 Å². The van der Waals surface area contributed by atoms with Crippen molar-refractivity contribution in [2.75, 3.05) is 0 Å². The summed E-state index contributed by atoms with van der Waals surface area (Å²) >= 11 is 0. The molecule has 2 rings (SSSR count). The highest BCUT2D eigenvalue weighted by atomic mass is 19.4. The lowest BCUT2D eigenvalue weighted by atomic mass is 10.0. The molecule has 0 aliphatic rings. The van der Waals surface area contributed by atoms with Crippen LogP contribution in [0.3, 0.4) is 0 Å². The number of hydrogen-bond donors (Lipinski definition) is 2. The van der Waals surface area contributed by atoms with Gasteiger partial charge in [-0.3, -0.25) is 4.79 Å². The van der Waals surface area contributed by atoms with Crippen LogP contribution in [0.2, 0.25) is 0 Å². The van der Waals surface area contributed by atoms with E-state index in [9.17, 15) is 22.8 Å². The molecule has 2 N–H and O–H groups in total. The molecule has 1 aromatic carbocycles. The molecular weight excluding hydrogens is 327 g/mol. The molecule has 0 aliphatic heterocycles. The summed E-state index contributed by atoms with van der Waals surface area (Å²) in [7, 11) is 0. The first-order chi connectivity index (χ1) is 11.2. The summed E-state index contributed by atoms with van der Waals surface area (Å²) in [5, 5.41) is 10.5. The maximum absolute atomic E-state index is 13.3. The summed E-state index contributed by atoms with van der Waals surface area (Å²) in [6, 6.07) is 3.44. The smallest absolute Gasteiger partial charge is 0.412 e. The van der Waals surface area contributed by atoms with E-state index in [0.29, 0.717) is 5.56 Å². The average molecular weight is 339 g/mol. The van der Waals surface area contributed by atoms with E-state index in [-0.39, 0.29) is 5.56 Å². The maximum atomic E-state index is 13.3. The molecule has 0 saturated carbocycles. The summed E-state index contributed by atoms with van der Waals surface area (Å²) in [5.41, 5.74) is -0.341. The largest absolute Gasteiger partial charge is 0.476 e. The standard InChI is InChI=1S/C15H12F3N3O3/c1-8-3-2-4-9(5-8)12(15(16,17)18)21-13(22)10-6-20-11(7-19-10)14(23)24/h2-7,12H,1H3,(H,21,22)(H,23,24). The minimum Gasteiger partial charge on any atom is -0.476 e. The van der Waals surface area contributed by atoms with Crippen molar-refractivity contribution in [3.63, 3.8) is 0 Å². The van der Waals surface area contributed by atoms with Crippen molar-refractivity contribution in [2.45, 2.75) is 19.1 Å². The molecule has 1 amide bonds. The third-order valence-corrected chi connectivity index (χ3v) is 3.08. The van der Waals surface area contributed by atoms with Gasteiger partial charge in [0, 0.05) is 0 Å². The Bertz CT molecular complexity index is 761. The van der Waals surface area contributed by atoms with E-state index < -0.39 is 35.5 Å². The maximum Gasteiger partial charge on any atom is 0.412 e. The van der Waals surface area contributed by atoms with E-state index >= 15 is 0 Å². The van der Waals surface area contributed by atoms with Gasteiger partial charge < -0.3 is 10.4 Å². The third-order valence-electron chi connectivity index (χ3n) is 3.08. The summed E-state index contributed by atoms with van der Waals surface area (Å²) in [6.45, 7) is 1.63. The number of nitrogens with zero attached hydrogens (tertiary/aromatic N) is 2. The van der Waals surface area contributed by atoms with Gasteiger partial charge in [-0.25, -0.2) is 14.8 Å². The van der Waals surface area contributed by atoms with E-state index in [1.807, 2.05) is 5.32 Å². The van der Waals surface area contributed by atoms with Gasteiger partial charge in [0.05, 0.1) is 12.4 Å². The normalized spacial score (nSPS) is 12.5. The SMILES string of the molecule is Cc1cccc(C(NC(=O)c2cnc(C(=O)O)cn2)C(F)(F)F)c1. The van der Waals surface area contributed by atoms with Crippen molar-refractivity contribution in [2.24, 2.45) is 0 Å². The van der Waals surface area contributed by atoms with Gasteiger partial charge in [-0.2, -0.15) is 13.2 Å². The first kappa shape index (κ1) is 17.4. The van der Waals surface area contributed by atoms with Gasteiger partial charge in [-0.05, 0) is 12.5 Å². The number of aryl methyl sites for hydroxylation is 1. The van der Waals surface area contributed by atoms with Crippen LogP contribution in [0.25, 0.3) is 0 Å². The van der Waals surface area contributed by atoms with Crippen molar-refractivity contribution in [3.05, 3.63) is 59.2 Å². The summed E-state index contributed by atoms with van der Waals surface area (Å²) in [4.78, 5) is 29.6. The number of benzene rings is 1. The first-order valence-electron chi connectivity index (χ1n) is 6.68. The molecule has 1 heterocycles. The summed E-state index contributed by atoms with van der Waals surface area (Å²) in [6.07, 6.45) is -3.10. The second kappa shape index (κ2) is 6.65. The Balaban J connectivity index is 2.26. The molecule has 0 saturated heterocycles. The van der Waals surface area contributed by atoms with Crippen LogP contribution >= 0.6 is 0 Å². The molecule has 1 unspecified atom stereocenters. The van der Waals surface area contributed by atoms with Gasteiger partial charge in [0.15, 0.2) is 11.7 Å². The summed E-state index contributed by atoms with van der Waals surface area (Å²) < 4.78 is 39.8. The molecule has 0 radical (unpaired) electrons. The average Bonchev–Trinajstić information content (AvgIpc) is 2.51. The molecule has 0 bridgehead atoms. The van der Waals surface area contributed by atoms with E-state index in [1.165, 1.54) is 18.2 Å². The van der Waals surface area contributed by atoms with Crippen LogP contribution in [0, 0.1) is 6.92 Å². The number of alkyl halides is 3. The highest BCUT2D eigenvalue weighted by Crippen LogP contribution is 2.33. The second-order valence-electron chi connectivity index (χ2n) is 4.95. The molecular formula is C15H12F3N3O3. The zero-order valence-corrected chi connectivity index (χ0v) is 12.3. The fraction of sp³-hybridized carbons (Fsp3) is 0.200. The van der Waals surface area contributed by atoms with E-state index in [2.05, 4.69) is 9.97 Å². The minimum absolute atomic E-state index is 0.119. The predicted octanol–water partition coefficient (Wildman–Crippen LogP) is 2.52. The quantitative estimate of drug-likeness (QED) is 0.893. The molecule has 0 spiro atoms. The van der Waals surface area contributed by atoms with Gasteiger partial charge in [-0.15, -0.1) is 0 Å². The fourth-order valence-electron chi connectivity index (χ4n) is 1.96. The van der Waals surface area contributed by atoms with Crippen LogP contribution in [0.15, 0.2) is 36.7 Å². The molecule has 6 nitrogen and oxygen atoms in total. The van der Waals surface area contributed by atoms with E-state index in [4.69, 9.17) is 5.11 Å². The number of nitrogens with one attached hydrogen (secondary N) is 1. The van der Waals surface area contributed by atoms with E-state index in [1.54, 1.807) is 13.0 Å². The van der Waals surface area contributed by atoms with Crippen LogP contribution in [-0.4, -0.2) is 33.1 Å². The zero-order chi connectivity index (χ0) is 17.9. The summed E-state index contributed by atoms with van der Waals surface area (Å²) in [5.74, 6) is -2.47. The molecule has 24 heavy (non-hydrogen) atoms. The third kappa shape index (κ3) is 4.06. The Labute approximate surface area is 134 Å². The van der Waals surface area contributed by atoms with Gasteiger partial charge in [0.25, 0.3) is 5.91 Å². The molecule has 0 aliphatic carbocycles. The van der Waals surface area contributed by atoms with Gasteiger partial charge >= 0.3 is 12.1 Å². The van der Waals surface area contributed by atoms with Crippen molar-refractivity contribution in [1.29, 1.82) is 0 Å². The number of halogens is 3. The van der Waals surface area contributed by atoms with Crippen LogP contribution in [0.4, 0.5) is 13.2 Å². The number of rotatable bonds is 4. The van der Waals surface area contributed by atoms with Crippen molar-refractivity contribution in [1.82, 2.24) is 15.3 Å². The lowest BCUT2D eigenvalue weighted by Crippen LogP contribution is -2.38. The topological polar surface area (TPSA) is 92.2 Å². The van der Waals surface area contributed by atoms with Crippen molar-refractivity contribution in [3.8, 4) is 0 Å². The van der Waals surface area contributed by atoms with Crippen molar-refractivity contribution < 1.29 is 27.9 Å². The number of carboxylic acids is 1. The number of aromatic carboxylic acids is 1. The Morgan fingerprint density at radius 3 is 2.29 bits per heavy atom. The Kier molecular flexibility index (Phi) is 4.82. The van der Waals surface area contributed by atoms with Crippen LogP contribution in [-0.2, 0) is 0 Å². The van der Waals surface area contributed by atoms with Gasteiger partial charge in [0.1, 0.15) is 5.69 Å². The predicted molar refractivity (Wildman–Crippen MR) is 76.4 cm³/mol. The molecule has 9 heteroatoms. The number of aromatic nitrogens is 2. The number of hydrogen-bond acceptors (Lipinski definition) is 4. The zero-order valence-electron chi connectivity index (χ0n) is 12.3. The number of amides is 1. The molecule has 0 fully saturated rings.